The molecule has 108 valence electrons. The largest absolute Gasteiger partial charge is 0.349 e. The van der Waals surface area contributed by atoms with E-state index in [0.29, 0.717) is 11.5 Å². The van der Waals surface area contributed by atoms with Gasteiger partial charge in [-0.05, 0) is 60.3 Å². The highest BCUT2D eigenvalue weighted by Crippen LogP contribution is 2.65. The molecule has 0 aliphatic heterocycles. The Bertz CT molecular complexity index is 536. The highest BCUT2D eigenvalue weighted by molar-refractivity contribution is 9.10. The number of amides is 1. The third-order valence-electron chi connectivity index (χ3n) is 6.21. The Labute approximate surface area is 129 Å². The molecule has 1 aromatic rings. The molecule has 1 N–H and O–H groups in total. The van der Waals surface area contributed by atoms with Gasteiger partial charge >= 0.3 is 0 Å². The maximum Gasteiger partial charge on any atom is 0.251 e. The molecule has 0 heterocycles. The topological polar surface area (TPSA) is 29.1 Å². The van der Waals surface area contributed by atoms with E-state index in [1.54, 1.807) is 0 Å². The highest BCUT2D eigenvalue weighted by atomic mass is 79.9. The lowest BCUT2D eigenvalue weighted by Gasteiger charge is -2.39. The fourth-order valence-corrected chi connectivity index (χ4v) is 4.53. The number of benzene rings is 1. The van der Waals surface area contributed by atoms with Gasteiger partial charge in [-0.1, -0.05) is 36.7 Å². The van der Waals surface area contributed by atoms with Crippen LogP contribution in [0.1, 0.15) is 50.4 Å². The highest BCUT2D eigenvalue weighted by Gasteiger charge is 2.61. The molecule has 0 aromatic heterocycles. The van der Waals surface area contributed by atoms with Crippen LogP contribution in [0.15, 0.2) is 28.7 Å². The summed E-state index contributed by atoms with van der Waals surface area (Å²) in [7, 11) is 0. The van der Waals surface area contributed by atoms with Crippen LogP contribution in [0.2, 0.25) is 0 Å². The van der Waals surface area contributed by atoms with Crippen molar-refractivity contribution in [3.63, 3.8) is 0 Å². The third kappa shape index (κ3) is 1.93. The van der Waals surface area contributed by atoms with E-state index in [1.807, 2.05) is 24.3 Å². The Morgan fingerprint density at radius 3 is 2.40 bits per heavy atom. The minimum absolute atomic E-state index is 0.0621. The van der Waals surface area contributed by atoms with Gasteiger partial charge in [0.25, 0.3) is 5.91 Å². The van der Waals surface area contributed by atoms with E-state index in [1.165, 1.54) is 12.8 Å². The molecular formula is C17H22BrNO. The Morgan fingerprint density at radius 2 is 1.90 bits per heavy atom. The van der Waals surface area contributed by atoms with E-state index in [2.05, 4.69) is 42.0 Å². The number of halogens is 1. The summed E-state index contributed by atoms with van der Waals surface area (Å²) >= 11 is 3.40. The van der Waals surface area contributed by atoms with E-state index in [0.717, 1.165) is 22.4 Å². The summed E-state index contributed by atoms with van der Waals surface area (Å²) in [6.45, 7) is 7.10. The van der Waals surface area contributed by atoms with Gasteiger partial charge in [-0.2, -0.15) is 0 Å². The Hall–Kier alpha value is -0.830. The zero-order valence-corrected chi connectivity index (χ0v) is 14.0. The summed E-state index contributed by atoms with van der Waals surface area (Å²) in [5.74, 6) is 0.815. The van der Waals surface area contributed by atoms with Gasteiger partial charge in [-0.15, -0.1) is 0 Å². The number of carbonyl (C=O) groups is 1. The lowest BCUT2D eigenvalue weighted by Crippen LogP contribution is -2.46. The SMILES string of the molecule is CC1(C)[C@@H]2CC[C@]1(C)[C@H](NC(=O)c1ccc(Br)cc1)C2. The fraction of sp³-hybridized carbons (Fsp3) is 0.588. The molecule has 2 bridgehead atoms. The molecule has 0 saturated heterocycles. The van der Waals surface area contributed by atoms with Crippen LogP contribution in [0.4, 0.5) is 0 Å². The first kappa shape index (κ1) is 14.1. The van der Waals surface area contributed by atoms with Gasteiger partial charge in [-0.3, -0.25) is 4.79 Å². The van der Waals surface area contributed by atoms with E-state index in [9.17, 15) is 4.79 Å². The lowest BCUT2D eigenvalue weighted by atomic mass is 9.69. The van der Waals surface area contributed by atoms with Crippen molar-refractivity contribution < 1.29 is 4.79 Å². The molecule has 2 nitrogen and oxygen atoms in total. The Morgan fingerprint density at radius 1 is 1.25 bits per heavy atom. The van der Waals surface area contributed by atoms with Gasteiger partial charge in [0.1, 0.15) is 0 Å². The van der Waals surface area contributed by atoms with Gasteiger partial charge in [0.15, 0.2) is 0 Å². The molecule has 0 spiro atoms. The van der Waals surface area contributed by atoms with E-state index < -0.39 is 0 Å². The lowest BCUT2D eigenvalue weighted by molar-refractivity contribution is 0.0826. The van der Waals surface area contributed by atoms with Crippen molar-refractivity contribution in [1.29, 1.82) is 0 Å². The molecular weight excluding hydrogens is 314 g/mol. The number of hydrogen-bond donors (Lipinski definition) is 1. The molecule has 3 heteroatoms. The van der Waals surface area contributed by atoms with Crippen LogP contribution in [-0.4, -0.2) is 11.9 Å². The Kier molecular flexibility index (Phi) is 3.24. The van der Waals surface area contributed by atoms with Crippen LogP contribution >= 0.6 is 15.9 Å². The number of hydrogen-bond acceptors (Lipinski definition) is 1. The van der Waals surface area contributed by atoms with E-state index in [4.69, 9.17) is 0 Å². The van der Waals surface area contributed by atoms with Gasteiger partial charge in [0.05, 0.1) is 0 Å². The van der Waals surface area contributed by atoms with Gasteiger partial charge in [-0.25, -0.2) is 0 Å². The van der Waals surface area contributed by atoms with Gasteiger partial charge < -0.3 is 5.32 Å². The maximum absolute atomic E-state index is 12.4. The fourth-order valence-electron chi connectivity index (χ4n) is 4.26. The van der Waals surface area contributed by atoms with Crippen molar-refractivity contribution in [2.45, 2.75) is 46.1 Å². The minimum Gasteiger partial charge on any atom is -0.349 e. The summed E-state index contributed by atoms with van der Waals surface area (Å²) in [5.41, 5.74) is 1.32. The molecule has 3 atom stereocenters. The molecule has 1 aromatic carbocycles. The average molecular weight is 336 g/mol. The van der Waals surface area contributed by atoms with Crippen LogP contribution in [0.3, 0.4) is 0 Å². The second-order valence-corrected chi connectivity index (χ2v) is 8.06. The van der Waals surface area contributed by atoms with Crippen molar-refractivity contribution in [2.75, 3.05) is 0 Å². The smallest absolute Gasteiger partial charge is 0.251 e. The second-order valence-electron chi connectivity index (χ2n) is 7.14. The summed E-state index contributed by atoms with van der Waals surface area (Å²) in [6, 6.07) is 7.90. The third-order valence-corrected chi connectivity index (χ3v) is 6.73. The first-order valence-corrected chi connectivity index (χ1v) is 8.20. The van der Waals surface area contributed by atoms with Gasteiger partial charge in [0, 0.05) is 16.1 Å². The van der Waals surface area contributed by atoms with Crippen LogP contribution in [0.25, 0.3) is 0 Å². The van der Waals surface area contributed by atoms with Crippen LogP contribution < -0.4 is 5.32 Å². The van der Waals surface area contributed by atoms with Crippen LogP contribution in [0.5, 0.6) is 0 Å². The molecule has 2 saturated carbocycles. The average Bonchev–Trinajstić information content (AvgIpc) is 2.72. The van der Waals surface area contributed by atoms with E-state index in [-0.39, 0.29) is 11.3 Å². The molecule has 2 aliphatic rings. The standard InChI is InChI=1S/C17H22BrNO/c1-16(2)12-8-9-17(16,3)14(10-12)19-15(20)11-4-6-13(18)7-5-11/h4-7,12,14H,8-10H2,1-3H3,(H,19,20)/t12-,14-,17-/m1/s1. The Balaban J connectivity index is 1.76. The normalized spacial score (nSPS) is 34.2. The molecule has 3 rings (SSSR count). The monoisotopic (exact) mass is 335 g/mol. The maximum atomic E-state index is 12.4. The summed E-state index contributed by atoms with van der Waals surface area (Å²) in [5, 5.41) is 3.29. The first-order chi connectivity index (χ1) is 9.34. The predicted octanol–water partition coefficient (Wildman–Crippen LogP) is 4.39. The molecule has 0 radical (unpaired) electrons. The van der Waals surface area contributed by atoms with Crippen molar-refractivity contribution >= 4 is 21.8 Å². The van der Waals surface area contributed by atoms with Gasteiger partial charge in [0.2, 0.25) is 0 Å². The molecule has 0 unspecified atom stereocenters. The van der Waals surface area contributed by atoms with Crippen molar-refractivity contribution in [1.82, 2.24) is 5.32 Å². The second kappa shape index (κ2) is 4.59. The van der Waals surface area contributed by atoms with E-state index >= 15 is 0 Å². The summed E-state index contributed by atoms with van der Waals surface area (Å²) < 4.78 is 1.00. The first-order valence-electron chi connectivity index (χ1n) is 7.41. The van der Waals surface area contributed by atoms with Crippen molar-refractivity contribution in [3.05, 3.63) is 34.3 Å². The summed E-state index contributed by atoms with van der Waals surface area (Å²) in [6.07, 6.45) is 3.68. The number of nitrogens with one attached hydrogen (secondary N) is 1. The molecule has 2 aliphatic carbocycles. The molecule has 2 fully saturated rings. The van der Waals surface area contributed by atoms with Crippen molar-refractivity contribution in [3.8, 4) is 0 Å². The molecule has 20 heavy (non-hydrogen) atoms. The van der Waals surface area contributed by atoms with Crippen molar-refractivity contribution in [2.24, 2.45) is 16.7 Å². The van der Waals surface area contributed by atoms with Crippen LogP contribution in [-0.2, 0) is 0 Å². The number of fused-ring (bicyclic) bond motifs is 2. The van der Waals surface area contributed by atoms with Crippen LogP contribution in [0, 0.1) is 16.7 Å². The quantitative estimate of drug-likeness (QED) is 0.852. The molecule has 1 amide bonds. The number of carbonyl (C=O) groups excluding carboxylic acids is 1. The summed E-state index contributed by atoms with van der Waals surface area (Å²) in [4.78, 5) is 12.4. The zero-order chi connectivity index (χ0) is 14.5. The number of rotatable bonds is 2. The predicted molar refractivity (Wildman–Crippen MR) is 84.6 cm³/mol. The zero-order valence-electron chi connectivity index (χ0n) is 12.4. The minimum atomic E-state index is 0.0621.